The summed E-state index contributed by atoms with van der Waals surface area (Å²) in [6.45, 7) is 3.34. The molecule has 0 saturated carbocycles. The van der Waals surface area contributed by atoms with E-state index in [0.29, 0.717) is 0 Å². The summed E-state index contributed by atoms with van der Waals surface area (Å²) in [6, 6.07) is 6.77. The fourth-order valence-corrected chi connectivity index (χ4v) is 1.75. The van der Waals surface area contributed by atoms with Crippen molar-refractivity contribution in [2.75, 3.05) is 11.9 Å². The SMILES string of the molecule is CCc1ccc2c(c1)CCCN2. The molecule has 0 atom stereocenters. The van der Waals surface area contributed by atoms with E-state index in [1.807, 2.05) is 0 Å². The summed E-state index contributed by atoms with van der Waals surface area (Å²) in [6.07, 6.45) is 3.67. The van der Waals surface area contributed by atoms with E-state index in [0.717, 1.165) is 13.0 Å². The minimum absolute atomic E-state index is 1.14. The maximum Gasteiger partial charge on any atom is 0.0372 e. The van der Waals surface area contributed by atoms with Crippen LogP contribution in [0.1, 0.15) is 24.5 Å². The zero-order valence-corrected chi connectivity index (χ0v) is 7.56. The Kier molecular flexibility index (Phi) is 2.03. The molecule has 0 fully saturated rings. The van der Waals surface area contributed by atoms with Crippen LogP contribution in [0, 0.1) is 0 Å². The van der Waals surface area contributed by atoms with Crippen LogP contribution in [0.15, 0.2) is 18.2 Å². The molecule has 1 aliphatic rings. The van der Waals surface area contributed by atoms with Gasteiger partial charge in [-0.3, -0.25) is 0 Å². The third kappa shape index (κ3) is 1.31. The standard InChI is InChI=1S/C11H15N/c1-2-9-5-6-11-10(8-9)4-3-7-12-11/h5-6,8,12H,2-4,7H2,1H3. The number of benzene rings is 1. The van der Waals surface area contributed by atoms with Gasteiger partial charge in [0, 0.05) is 12.2 Å². The van der Waals surface area contributed by atoms with Gasteiger partial charge in [0.1, 0.15) is 0 Å². The van der Waals surface area contributed by atoms with Crippen LogP contribution in [0.2, 0.25) is 0 Å². The maximum absolute atomic E-state index is 3.41. The van der Waals surface area contributed by atoms with Crippen molar-refractivity contribution >= 4 is 5.69 Å². The van der Waals surface area contributed by atoms with E-state index in [9.17, 15) is 0 Å². The first-order valence-corrected chi connectivity index (χ1v) is 4.76. The Morgan fingerprint density at radius 3 is 3.17 bits per heavy atom. The van der Waals surface area contributed by atoms with E-state index < -0.39 is 0 Å². The minimum atomic E-state index is 1.14. The Morgan fingerprint density at radius 1 is 1.42 bits per heavy atom. The van der Waals surface area contributed by atoms with Gasteiger partial charge in [-0.2, -0.15) is 0 Å². The van der Waals surface area contributed by atoms with Crippen molar-refractivity contribution < 1.29 is 0 Å². The van der Waals surface area contributed by atoms with Crippen molar-refractivity contribution in [3.05, 3.63) is 29.3 Å². The van der Waals surface area contributed by atoms with Crippen LogP contribution >= 0.6 is 0 Å². The fraction of sp³-hybridized carbons (Fsp3) is 0.455. The second-order valence-corrected chi connectivity index (χ2v) is 3.38. The zero-order valence-electron chi connectivity index (χ0n) is 7.56. The molecule has 0 saturated heterocycles. The molecule has 64 valence electrons. The molecule has 1 heteroatoms. The molecule has 0 radical (unpaired) electrons. The van der Waals surface area contributed by atoms with Gasteiger partial charge in [-0.1, -0.05) is 19.1 Å². The van der Waals surface area contributed by atoms with Gasteiger partial charge in [0.25, 0.3) is 0 Å². The highest BCUT2D eigenvalue weighted by molar-refractivity contribution is 5.54. The van der Waals surface area contributed by atoms with Crippen LogP contribution in [0.25, 0.3) is 0 Å². The van der Waals surface area contributed by atoms with Crippen molar-refractivity contribution in [1.82, 2.24) is 0 Å². The van der Waals surface area contributed by atoms with E-state index >= 15 is 0 Å². The van der Waals surface area contributed by atoms with Gasteiger partial charge in [-0.05, 0) is 36.5 Å². The van der Waals surface area contributed by atoms with E-state index in [1.165, 1.54) is 29.7 Å². The van der Waals surface area contributed by atoms with Crippen LogP contribution < -0.4 is 5.32 Å². The largest absolute Gasteiger partial charge is 0.385 e. The summed E-state index contributed by atoms with van der Waals surface area (Å²) >= 11 is 0. The summed E-state index contributed by atoms with van der Waals surface area (Å²) in [7, 11) is 0. The highest BCUT2D eigenvalue weighted by Gasteiger charge is 2.07. The monoisotopic (exact) mass is 161 g/mol. The number of aryl methyl sites for hydroxylation is 2. The lowest BCUT2D eigenvalue weighted by atomic mass is 10.00. The van der Waals surface area contributed by atoms with Gasteiger partial charge < -0.3 is 5.32 Å². The molecule has 0 bridgehead atoms. The number of fused-ring (bicyclic) bond motifs is 1. The molecule has 12 heavy (non-hydrogen) atoms. The Labute approximate surface area is 73.8 Å². The molecular formula is C11H15N. The van der Waals surface area contributed by atoms with Gasteiger partial charge in [-0.25, -0.2) is 0 Å². The molecule has 0 aliphatic carbocycles. The van der Waals surface area contributed by atoms with Crippen molar-refractivity contribution in [3.63, 3.8) is 0 Å². The smallest absolute Gasteiger partial charge is 0.0372 e. The lowest BCUT2D eigenvalue weighted by Gasteiger charge is -2.18. The van der Waals surface area contributed by atoms with Crippen LogP contribution in [-0.2, 0) is 12.8 Å². The number of anilines is 1. The topological polar surface area (TPSA) is 12.0 Å². The number of hydrogen-bond donors (Lipinski definition) is 1. The fourth-order valence-electron chi connectivity index (χ4n) is 1.75. The van der Waals surface area contributed by atoms with Crippen LogP contribution in [0.5, 0.6) is 0 Å². The van der Waals surface area contributed by atoms with Gasteiger partial charge in [-0.15, -0.1) is 0 Å². The first-order chi connectivity index (χ1) is 5.90. The highest BCUT2D eigenvalue weighted by Crippen LogP contribution is 2.22. The molecule has 0 spiro atoms. The van der Waals surface area contributed by atoms with Crippen molar-refractivity contribution in [2.24, 2.45) is 0 Å². The Balaban J connectivity index is 2.36. The summed E-state index contributed by atoms with van der Waals surface area (Å²) in [5.41, 5.74) is 4.30. The minimum Gasteiger partial charge on any atom is -0.385 e. The highest BCUT2D eigenvalue weighted by atomic mass is 14.9. The molecule has 1 aliphatic heterocycles. The van der Waals surface area contributed by atoms with Crippen molar-refractivity contribution in [3.8, 4) is 0 Å². The number of rotatable bonds is 1. The Morgan fingerprint density at radius 2 is 2.33 bits per heavy atom. The first kappa shape index (κ1) is 7.66. The average Bonchev–Trinajstić information content (AvgIpc) is 2.17. The van der Waals surface area contributed by atoms with Gasteiger partial charge in [0.2, 0.25) is 0 Å². The molecule has 1 aromatic rings. The Bertz CT molecular complexity index is 278. The van der Waals surface area contributed by atoms with Crippen LogP contribution in [-0.4, -0.2) is 6.54 Å². The lowest BCUT2D eigenvalue weighted by molar-refractivity contribution is 0.827. The second kappa shape index (κ2) is 3.18. The molecule has 0 unspecified atom stereocenters. The van der Waals surface area contributed by atoms with E-state index in [2.05, 4.69) is 30.4 Å². The summed E-state index contributed by atoms with van der Waals surface area (Å²) in [4.78, 5) is 0. The van der Waals surface area contributed by atoms with E-state index in [-0.39, 0.29) is 0 Å². The molecule has 0 amide bonds. The molecule has 1 N–H and O–H groups in total. The quantitative estimate of drug-likeness (QED) is 0.667. The Hall–Kier alpha value is -0.980. The van der Waals surface area contributed by atoms with Crippen molar-refractivity contribution in [1.29, 1.82) is 0 Å². The summed E-state index contributed by atoms with van der Waals surface area (Å²) in [5.74, 6) is 0. The summed E-state index contributed by atoms with van der Waals surface area (Å²) < 4.78 is 0. The predicted molar refractivity (Wildman–Crippen MR) is 52.6 cm³/mol. The number of hydrogen-bond acceptors (Lipinski definition) is 1. The molecule has 1 nitrogen and oxygen atoms in total. The van der Waals surface area contributed by atoms with E-state index in [1.54, 1.807) is 0 Å². The van der Waals surface area contributed by atoms with Gasteiger partial charge in [0.05, 0.1) is 0 Å². The molecule has 1 heterocycles. The molecular weight excluding hydrogens is 146 g/mol. The van der Waals surface area contributed by atoms with Gasteiger partial charge in [0.15, 0.2) is 0 Å². The molecule has 2 rings (SSSR count). The third-order valence-electron chi connectivity index (χ3n) is 2.52. The summed E-state index contributed by atoms with van der Waals surface area (Å²) in [5, 5.41) is 3.41. The predicted octanol–water partition coefficient (Wildman–Crippen LogP) is 2.61. The third-order valence-corrected chi connectivity index (χ3v) is 2.52. The van der Waals surface area contributed by atoms with Crippen LogP contribution in [0.4, 0.5) is 5.69 Å². The van der Waals surface area contributed by atoms with E-state index in [4.69, 9.17) is 0 Å². The molecule has 1 aromatic carbocycles. The number of nitrogens with one attached hydrogen (secondary N) is 1. The maximum atomic E-state index is 3.41. The van der Waals surface area contributed by atoms with Crippen LogP contribution in [0.3, 0.4) is 0 Å². The second-order valence-electron chi connectivity index (χ2n) is 3.38. The normalized spacial score (nSPS) is 15.1. The zero-order chi connectivity index (χ0) is 8.39. The van der Waals surface area contributed by atoms with Crippen molar-refractivity contribution in [2.45, 2.75) is 26.2 Å². The average molecular weight is 161 g/mol. The lowest BCUT2D eigenvalue weighted by Crippen LogP contribution is -2.11. The molecule has 0 aromatic heterocycles. The first-order valence-electron chi connectivity index (χ1n) is 4.76. The van der Waals surface area contributed by atoms with Gasteiger partial charge >= 0.3 is 0 Å².